The second-order valence-corrected chi connectivity index (χ2v) is 8.55. The summed E-state index contributed by atoms with van der Waals surface area (Å²) in [4.78, 5) is 17.0. The molecule has 1 N–H and O–H groups in total. The number of ether oxygens (including phenoxy) is 1. The summed E-state index contributed by atoms with van der Waals surface area (Å²) in [5.41, 5.74) is -0.160. The number of urea groups is 1. The van der Waals surface area contributed by atoms with E-state index in [9.17, 15) is 4.79 Å². The maximum absolute atomic E-state index is 12.5. The Labute approximate surface area is 140 Å². The first kappa shape index (κ1) is 17.0. The van der Waals surface area contributed by atoms with Crippen LogP contribution in [0.5, 0.6) is 0 Å². The fourth-order valence-corrected chi connectivity index (χ4v) is 4.37. The zero-order chi connectivity index (χ0) is 16.8. The molecule has 0 bridgehead atoms. The number of carbonyl (C=O) groups is 1. The molecular weight excluding hydrogens is 290 g/mol. The third-order valence-corrected chi connectivity index (χ3v) is 6.94. The number of amides is 2. The van der Waals surface area contributed by atoms with Gasteiger partial charge in [-0.3, -0.25) is 0 Å². The number of hydrogen-bond donors (Lipinski definition) is 1. The van der Waals surface area contributed by atoms with Crippen molar-refractivity contribution in [3.63, 3.8) is 0 Å². The molecule has 132 valence electrons. The molecule has 1 heterocycles. The van der Waals surface area contributed by atoms with Gasteiger partial charge in [-0.05, 0) is 45.1 Å². The molecule has 5 heteroatoms. The standard InChI is InChI=1S/C18H33N3O2/c1-17(2)15(10-18(17,3)23-5)20(4)16(22)19-11-13-8-9-21(12-13)14-6-7-14/h13-15H,6-12H2,1-5H3,(H,19,22). The molecule has 2 aliphatic carbocycles. The lowest BCUT2D eigenvalue weighted by molar-refractivity contribution is -0.198. The summed E-state index contributed by atoms with van der Waals surface area (Å²) in [5, 5.41) is 3.16. The SMILES string of the molecule is COC1(C)CC(N(C)C(=O)NCC2CCN(C3CC3)C2)C1(C)C. The van der Waals surface area contributed by atoms with E-state index in [0.717, 1.165) is 25.6 Å². The van der Waals surface area contributed by atoms with E-state index in [2.05, 4.69) is 31.0 Å². The van der Waals surface area contributed by atoms with Crippen molar-refractivity contribution in [1.82, 2.24) is 15.1 Å². The fraction of sp³-hybridized carbons (Fsp3) is 0.944. The number of rotatable bonds is 5. The summed E-state index contributed by atoms with van der Waals surface area (Å²) in [5.74, 6) is 0.617. The number of nitrogens with zero attached hydrogens (tertiary/aromatic N) is 2. The van der Waals surface area contributed by atoms with Gasteiger partial charge in [0.15, 0.2) is 0 Å². The van der Waals surface area contributed by atoms with Crippen LogP contribution in [0.1, 0.15) is 46.5 Å². The topological polar surface area (TPSA) is 44.8 Å². The molecule has 0 aromatic carbocycles. The fourth-order valence-electron chi connectivity index (χ4n) is 4.37. The van der Waals surface area contributed by atoms with Crippen molar-refractivity contribution >= 4 is 6.03 Å². The number of nitrogens with one attached hydrogen (secondary N) is 1. The van der Waals surface area contributed by atoms with Crippen LogP contribution in [0.4, 0.5) is 4.79 Å². The Kier molecular flexibility index (Phi) is 4.38. The van der Waals surface area contributed by atoms with Crippen molar-refractivity contribution < 1.29 is 9.53 Å². The Hall–Kier alpha value is -0.810. The van der Waals surface area contributed by atoms with Crippen LogP contribution in [-0.2, 0) is 4.74 Å². The van der Waals surface area contributed by atoms with Crippen LogP contribution in [0.15, 0.2) is 0 Å². The van der Waals surface area contributed by atoms with Crippen molar-refractivity contribution in [3.8, 4) is 0 Å². The van der Waals surface area contributed by atoms with Crippen LogP contribution < -0.4 is 5.32 Å². The lowest BCUT2D eigenvalue weighted by Gasteiger charge is -2.61. The predicted octanol–water partition coefficient (Wildman–Crippen LogP) is 2.32. The van der Waals surface area contributed by atoms with Crippen molar-refractivity contribution in [2.24, 2.45) is 11.3 Å². The summed E-state index contributed by atoms with van der Waals surface area (Å²) in [6, 6.07) is 1.14. The average Bonchev–Trinajstić information content (AvgIpc) is 3.27. The van der Waals surface area contributed by atoms with Gasteiger partial charge in [0.05, 0.1) is 5.60 Å². The van der Waals surface area contributed by atoms with E-state index in [4.69, 9.17) is 4.74 Å². The quantitative estimate of drug-likeness (QED) is 0.844. The maximum atomic E-state index is 12.5. The summed E-state index contributed by atoms with van der Waals surface area (Å²) < 4.78 is 5.67. The second kappa shape index (κ2) is 5.92. The van der Waals surface area contributed by atoms with Gasteiger partial charge in [-0.15, -0.1) is 0 Å². The zero-order valence-corrected chi connectivity index (χ0v) is 15.4. The first-order valence-electron chi connectivity index (χ1n) is 9.08. The first-order chi connectivity index (χ1) is 10.8. The molecule has 0 radical (unpaired) electrons. The number of methoxy groups -OCH3 is 1. The van der Waals surface area contributed by atoms with E-state index in [0.29, 0.717) is 5.92 Å². The van der Waals surface area contributed by atoms with E-state index >= 15 is 0 Å². The van der Waals surface area contributed by atoms with Crippen LogP contribution >= 0.6 is 0 Å². The molecular formula is C18H33N3O2. The van der Waals surface area contributed by atoms with Gasteiger partial charge in [-0.2, -0.15) is 0 Å². The van der Waals surface area contributed by atoms with E-state index < -0.39 is 0 Å². The van der Waals surface area contributed by atoms with Crippen LogP contribution in [0.2, 0.25) is 0 Å². The molecule has 2 amide bonds. The number of carbonyl (C=O) groups excluding carboxylic acids is 1. The minimum Gasteiger partial charge on any atom is -0.378 e. The zero-order valence-electron chi connectivity index (χ0n) is 15.4. The third-order valence-electron chi connectivity index (χ3n) is 6.94. The smallest absolute Gasteiger partial charge is 0.317 e. The Morgan fingerprint density at radius 1 is 1.30 bits per heavy atom. The monoisotopic (exact) mass is 323 g/mol. The molecule has 3 fully saturated rings. The number of likely N-dealkylation sites (tertiary alicyclic amines) is 1. The molecule has 1 aliphatic heterocycles. The molecule has 0 aromatic heterocycles. The highest BCUT2D eigenvalue weighted by Crippen LogP contribution is 2.53. The Morgan fingerprint density at radius 3 is 2.57 bits per heavy atom. The van der Waals surface area contributed by atoms with Crippen LogP contribution in [0, 0.1) is 11.3 Å². The minimum atomic E-state index is -0.136. The van der Waals surface area contributed by atoms with E-state index in [1.54, 1.807) is 7.11 Å². The van der Waals surface area contributed by atoms with Gasteiger partial charge in [0.1, 0.15) is 0 Å². The summed E-state index contributed by atoms with van der Waals surface area (Å²) in [7, 11) is 3.69. The molecule has 1 saturated heterocycles. The Bertz CT molecular complexity index is 463. The van der Waals surface area contributed by atoms with Gasteiger partial charge in [0.2, 0.25) is 0 Å². The second-order valence-electron chi connectivity index (χ2n) is 8.55. The molecule has 0 aromatic rings. The van der Waals surface area contributed by atoms with Gasteiger partial charge in [-0.25, -0.2) is 4.79 Å². The molecule has 0 spiro atoms. The maximum Gasteiger partial charge on any atom is 0.317 e. The summed E-state index contributed by atoms with van der Waals surface area (Å²) >= 11 is 0. The molecule has 5 nitrogen and oxygen atoms in total. The minimum absolute atomic E-state index is 0.0238. The molecule has 3 aliphatic rings. The predicted molar refractivity (Wildman–Crippen MR) is 91.5 cm³/mol. The molecule has 3 rings (SSSR count). The Morgan fingerprint density at radius 2 is 2.00 bits per heavy atom. The van der Waals surface area contributed by atoms with E-state index in [1.165, 1.54) is 25.8 Å². The van der Waals surface area contributed by atoms with E-state index in [1.807, 2.05) is 11.9 Å². The van der Waals surface area contributed by atoms with Crippen molar-refractivity contribution in [2.75, 3.05) is 33.8 Å². The van der Waals surface area contributed by atoms with Crippen LogP contribution in [0.3, 0.4) is 0 Å². The largest absolute Gasteiger partial charge is 0.378 e. The lowest BCUT2D eigenvalue weighted by atomic mass is 9.55. The van der Waals surface area contributed by atoms with E-state index in [-0.39, 0.29) is 23.1 Å². The van der Waals surface area contributed by atoms with Crippen molar-refractivity contribution in [1.29, 1.82) is 0 Å². The van der Waals surface area contributed by atoms with Crippen LogP contribution in [-0.4, -0.2) is 67.3 Å². The van der Waals surface area contributed by atoms with Crippen molar-refractivity contribution in [2.45, 2.75) is 64.1 Å². The summed E-state index contributed by atoms with van der Waals surface area (Å²) in [6.07, 6.45) is 4.87. The Balaban J connectivity index is 1.45. The highest BCUT2D eigenvalue weighted by atomic mass is 16.5. The molecule has 23 heavy (non-hydrogen) atoms. The average molecular weight is 323 g/mol. The number of hydrogen-bond acceptors (Lipinski definition) is 3. The van der Waals surface area contributed by atoms with Gasteiger partial charge in [-0.1, -0.05) is 13.8 Å². The molecule has 2 saturated carbocycles. The van der Waals surface area contributed by atoms with Crippen LogP contribution in [0.25, 0.3) is 0 Å². The van der Waals surface area contributed by atoms with Gasteiger partial charge in [0, 0.05) is 44.7 Å². The van der Waals surface area contributed by atoms with Gasteiger partial charge < -0.3 is 19.9 Å². The first-order valence-corrected chi connectivity index (χ1v) is 9.08. The molecule has 3 atom stereocenters. The lowest BCUT2D eigenvalue weighted by Crippen LogP contribution is -2.69. The normalized spacial score (nSPS) is 36.6. The third kappa shape index (κ3) is 2.98. The van der Waals surface area contributed by atoms with Gasteiger partial charge in [0.25, 0.3) is 0 Å². The highest BCUT2D eigenvalue weighted by molar-refractivity contribution is 5.74. The highest BCUT2D eigenvalue weighted by Gasteiger charge is 2.59. The molecule has 3 unspecified atom stereocenters. The summed E-state index contributed by atoms with van der Waals surface area (Å²) in [6.45, 7) is 9.70. The van der Waals surface area contributed by atoms with Gasteiger partial charge >= 0.3 is 6.03 Å². The van der Waals surface area contributed by atoms with Crippen molar-refractivity contribution in [3.05, 3.63) is 0 Å².